The Morgan fingerprint density at radius 1 is 1.30 bits per heavy atom. The van der Waals surface area contributed by atoms with Crippen molar-refractivity contribution in [1.82, 2.24) is 9.88 Å². The Morgan fingerprint density at radius 2 is 2.10 bits per heavy atom. The highest BCUT2D eigenvalue weighted by atomic mass is 35.5. The molecule has 0 aliphatic carbocycles. The highest BCUT2D eigenvalue weighted by Crippen LogP contribution is 2.32. The van der Waals surface area contributed by atoms with Crippen LogP contribution >= 0.6 is 22.9 Å². The van der Waals surface area contributed by atoms with Gasteiger partial charge in [0.2, 0.25) is 0 Å². The standard InChI is InChI=1S/C15H16ClN3S/c16-14-13(18-15(17)20-14)12-7-4-8-19(10-12)9-11-5-2-1-3-6-11/h1-3,5-7H,4,8-10H2,(H2,17,18). The Balaban J connectivity index is 1.73. The van der Waals surface area contributed by atoms with Gasteiger partial charge in [-0.05, 0) is 17.6 Å². The first kappa shape index (κ1) is 13.6. The molecule has 0 radical (unpaired) electrons. The largest absolute Gasteiger partial charge is 0.375 e. The molecule has 20 heavy (non-hydrogen) atoms. The lowest BCUT2D eigenvalue weighted by Gasteiger charge is -2.26. The first-order chi connectivity index (χ1) is 9.72. The van der Waals surface area contributed by atoms with E-state index in [4.69, 9.17) is 17.3 Å². The second-order valence-electron chi connectivity index (χ2n) is 4.89. The third-order valence-corrected chi connectivity index (χ3v) is 4.47. The van der Waals surface area contributed by atoms with Gasteiger partial charge in [-0.2, -0.15) is 0 Å². The molecule has 2 N–H and O–H groups in total. The molecule has 0 spiro atoms. The molecular formula is C15H16ClN3S. The van der Waals surface area contributed by atoms with Crippen molar-refractivity contribution in [3.63, 3.8) is 0 Å². The van der Waals surface area contributed by atoms with Crippen LogP contribution in [0.1, 0.15) is 17.7 Å². The molecule has 0 bridgehead atoms. The van der Waals surface area contributed by atoms with E-state index in [0.29, 0.717) is 9.47 Å². The number of benzene rings is 1. The summed E-state index contributed by atoms with van der Waals surface area (Å²) in [6.07, 6.45) is 3.25. The maximum absolute atomic E-state index is 6.20. The minimum atomic E-state index is 0.533. The number of thiazole rings is 1. The summed E-state index contributed by atoms with van der Waals surface area (Å²) in [5.41, 5.74) is 9.10. The van der Waals surface area contributed by atoms with Crippen molar-refractivity contribution in [3.05, 3.63) is 52.0 Å². The second kappa shape index (κ2) is 5.95. The maximum atomic E-state index is 6.20. The molecule has 3 nitrogen and oxygen atoms in total. The van der Waals surface area contributed by atoms with Crippen LogP contribution in [0.15, 0.2) is 36.4 Å². The molecule has 2 aromatic rings. The molecule has 0 saturated heterocycles. The topological polar surface area (TPSA) is 42.1 Å². The Labute approximate surface area is 127 Å². The number of halogens is 1. The number of nitrogens with two attached hydrogens (primary N) is 1. The predicted octanol–water partition coefficient (Wildman–Crippen LogP) is 3.67. The molecule has 1 aliphatic rings. The number of anilines is 1. The number of nitrogen functional groups attached to an aromatic ring is 1. The van der Waals surface area contributed by atoms with Crippen LogP contribution < -0.4 is 5.73 Å². The summed E-state index contributed by atoms with van der Waals surface area (Å²) in [7, 11) is 0. The van der Waals surface area contributed by atoms with E-state index in [1.54, 1.807) is 0 Å². The number of rotatable bonds is 3. The van der Waals surface area contributed by atoms with Gasteiger partial charge in [-0.25, -0.2) is 4.98 Å². The highest BCUT2D eigenvalue weighted by Gasteiger charge is 2.18. The third-order valence-electron chi connectivity index (χ3n) is 3.39. The van der Waals surface area contributed by atoms with Crippen molar-refractivity contribution in [3.8, 4) is 0 Å². The van der Waals surface area contributed by atoms with E-state index in [-0.39, 0.29) is 0 Å². The monoisotopic (exact) mass is 305 g/mol. The minimum absolute atomic E-state index is 0.533. The van der Waals surface area contributed by atoms with Crippen molar-refractivity contribution in [2.45, 2.75) is 13.0 Å². The third kappa shape index (κ3) is 3.03. The SMILES string of the molecule is Nc1nc(C2=CCCN(Cc3ccccc3)C2)c(Cl)s1. The number of hydrogen-bond donors (Lipinski definition) is 1. The predicted molar refractivity (Wildman–Crippen MR) is 85.8 cm³/mol. The molecule has 104 valence electrons. The van der Waals surface area contributed by atoms with Crippen molar-refractivity contribution >= 4 is 33.6 Å². The Bertz CT molecular complexity index is 621. The van der Waals surface area contributed by atoms with Crippen LogP contribution in [-0.4, -0.2) is 23.0 Å². The van der Waals surface area contributed by atoms with Crippen LogP contribution in [0.5, 0.6) is 0 Å². The normalized spacial score (nSPS) is 16.1. The summed E-state index contributed by atoms with van der Waals surface area (Å²) in [4.78, 5) is 6.76. The highest BCUT2D eigenvalue weighted by molar-refractivity contribution is 7.19. The minimum Gasteiger partial charge on any atom is -0.375 e. The average Bonchev–Trinajstić information content (AvgIpc) is 2.79. The average molecular weight is 306 g/mol. The molecule has 1 aromatic heterocycles. The van der Waals surface area contributed by atoms with Crippen molar-refractivity contribution < 1.29 is 0 Å². The maximum Gasteiger partial charge on any atom is 0.182 e. The fraction of sp³-hybridized carbons (Fsp3) is 0.267. The first-order valence-corrected chi connectivity index (χ1v) is 7.79. The Hall–Kier alpha value is -1.36. The molecule has 1 aliphatic heterocycles. The van der Waals surface area contributed by atoms with Crippen LogP contribution in [-0.2, 0) is 6.54 Å². The first-order valence-electron chi connectivity index (χ1n) is 6.60. The Kier molecular flexibility index (Phi) is 4.05. The van der Waals surface area contributed by atoms with Gasteiger partial charge in [0.1, 0.15) is 4.34 Å². The smallest absolute Gasteiger partial charge is 0.182 e. The van der Waals surface area contributed by atoms with Gasteiger partial charge in [0.05, 0.1) is 5.69 Å². The molecule has 5 heteroatoms. The summed E-state index contributed by atoms with van der Waals surface area (Å²) in [5.74, 6) is 0. The molecule has 0 amide bonds. The summed E-state index contributed by atoms with van der Waals surface area (Å²) in [5, 5.41) is 0.533. The van der Waals surface area contributed by atoms with E-state index >= 15 is 0 Å². The van der Waals surface area contributed by atoms with Gasteiger partial charge < -0.3 is 5.73 Å². The van der Waals surface area contributed by atoms with Crippen molar-refractivity contribution in [2.75, 3.05) is 18.8 Å². The van der Waals surface area contributed by atoms with Gasteiger partial charge in [0.25, 0.3) is 0 Å². The molecule has 0 saturated carbocycles. The zero-order chi connectivity index (χ0) is 13.9. The van der Waals surface area contributed by atoms with E-state index < -0.39 is 0 Å². The van der Waals surface area contributed by atoms with Gasteiger partial charge in [0.15, 0.2) is 5.13 Å². The molecule has 0 fully saturated rings. The molecule has 3 rings (SSSR count). The van der Waals surface area contributed by atoms with Crippen LogP contribution in [0, 0.1) is 0 Å². The van der Waals surface area contributed by atoms with E-state index in [9.17, 15) is 0 Å². The summed E-state index contributed by atoms with van der Waals surface area (Å²) in [6, 6.07) is 10.5. The van der Waals surface area contributed by atoms with Gasteiger partial charge in [-0.3, -0.25) is 4.90 Å². The van der Waals surface area contributed by atoms with E-state index in [1.165, 1.54) is 22.5 Å². The van der Waals surface area contributed by atoms with Crippen molar-refractivity contribution in [1.29, 1.82) is 0 Å². The van der Waals surface area contributed by atoms with E-state index in [1.807, 2.05) is 6.07 Å². The molecular weight excluding hydrogens is 290 g/mol. The summed E-state index contributed by atoms with van der Waals surface area (Å²) in [6.45, 7) is 2.89. The quantitative estimate of drug-likeness (QED) is 0.941. The fourth-order valence-electron chi connectivity index (χ4n) is 2.47. The van der Waals surface area contributed by atoms with Gasteiger partial charge in [0, 0.05) is 19.6 Å². The lowest BCUT2D eigenvalue weighted by molar-refractivity contribution is 0.296. The van der Waals surface area contributed by atoms with E-state index in [0.717, 1.165) is 31.7 Å². The zero-order valence-corrected chi connectivity index (χ0v) is 12.6. The summed E-state index contributed by atoms with van der Waals surface area (Å²) < 4.78 is 0.690. The molecule has 2 heterocycles. The van der Waals surface area contributed by atoms with Crippen LogP contribution in [0.2, 0.25) is 4.34 Å². The summed E-state index contributed by atoms with van der Waals surface area (Å²) >= 11 is 7.54. The Morgan fingerprint density at radius 3 is 2.80 bits per heavy atom. The number of aromatic nitrogens is 1. The number of hydrogen-bond acceptors (Lipinski definition) is 4. The van der Waals surface area contributed by atoms with Gasteiger partial charge in [-0.1, -0.05) is 59.3 Å². The second-order valence-corrected chi connectivity index (χ2v) is 6.52. The van der Waals surface area contributed by atoms with Crippen LogP contribution in [0.25, 0.3) is 5.57 Å². The zero-order valence-electron chi connectivity index (χ0n) is 11.1. The molecule has 0 unspecified atom stereocenters. The van der Waals surface area contributed by atoms with Crippen molar-refractivity contribution in [2.24, 2.45) is 0 Å². The molecule has 1 aromatic carbocycles. The lowest BCUT2D eigenvalue weighted by Crippen LogP contribution is -2.29. The van der Waals surface area contributed by atoms with Gasteiger partial charge >= 0.3 is 0 Å². The fourth-order valence-corrected chi connectivity index (χ4v) is 3.46. The van der Waals surface area contributed by atoms with Crippen LogP contribution in [0.4, 0.5) is 5.13 Å². The van der Waals surface area contributed by atoms with Crippen LogP contribution in [0.3, 0.4) is 0 Å². The van der Waals surface area contributed by atoms with Gasteiger partial charge in [-0.15, -0.1) is 0 Å². The molecule has 0 atom stereocenters. The lowest BCUT2D eigenvalue weighted by atomic mass is 10.1. The number of nitrogens with zero attached hydrogens (tertiary/aromatic N) is 2. The van der Waals surface area contributed by atoms with E-state index in [2.05, 4.69) is 40.2 Å².